The fraction of sp³-hybridized carbons (Fsp3) is 0.471. The molecule has 31 heavy (non-hydrogen) atoms. The average Bonchev–Trinajstić information content (AvgIpc) is 2.94. The number of nitro benzene ring substituents is 1. The van der Waals surface area contributed by atoms with Crippen molar-refractivity contribution in [3.63, 3.8) is 0 Å². The average molecular weight is 594 g/mol. The summed E-state index contributed by atoms with van der Waals surface area (Å²) in [5.74, 6) is -1.17. The van der Waals surface area contributed by atoms with E-state index < -0.39 is 47.8 Å². The number of hydrogen-bond donors (Lipinski definition) is 0. The molecule has 2 fully saturated rings. The predicted molar refractivity (Wildman–Crippen MR) is 124 cm³/mol. The van der Waals surface area contributed by atoms with Gasteiger partial charge in [0, 0.05) is 22.4 Å². The molecule has 8 nitrogen and oxygen atoms in total. The van der Waals surface area contributed by atoms with E-state index in [9.17, 15) is 19.7 Å². The Bertz CT molecular complexity index is 972. The summed E-state index contributed by atoms with van der Waals surface area (Å²) in [6.45, 7) is 3.13. The number of non-ortho nitro benzene ring substituents is 1. The van der Waals surface area contributed by atoms with Crippen molar-refractivity contribution in [3.8, 4) is 0 Å². The minimum Gasteiger partial charge on any atom is -0.460 e. The van der Waals surface area contributed by atoms with E-state index in [0.717, 1.165) is 0 Å². The summed E-state index contributed by atoms with van der Waals surface area (Å²) in [6.07, 6.45) is 0. The maximum Gasteiger partial charge on any atom is 0.330 e. The summed E-state index contributed by atoms with van der Waals surface area (Å²) in [5, 5.41) is 10.2. The van der Waals surface area contributed by atoms with Crippen LogP contribution in [0, 0.1) is 10.1 Å². The van der Waals surface area contributed by atoms with Gasteiger partial charge in [0.05, 0.1) is 4.92 Å². The van der Waals surface area contributed by atoms with E-state index in [1.165, 1.54) is 40.9 Å². The fourth-order valence-corrected chi connectivity index (χ4v) is 6.21. The van der Waals surface area contributed by atoms with Crippen molar-refractivity contribution in [2.45, 2.75) is 38.3 Å². The van der Waals surface area contributed by atoms with E-state index in [1.54, 1.807) is 13.8 Å². The molecule has 1 aromatic carbocycles. The van der Waals surface area contributed by atoms with Crippen LogP contribution in [0.3, 0.4) is 0 Å². The van der Waals surface area contributed by atoms with E-state index in [2.05, 4.69) is 20.9 Å². The quantitative estimate of drug-likeness (QED) is 0.0937. The monoisotopic (exact) mass is 591 g/mol. The van der Waals surface area contributed by atoms with Gasteiger partial charge in [-0.2, -0.15) is 0 Å². The third-order valence-corrected chi connectivity index (χ3v) is 8.15. The van der Waals surface area contributed by atoms with E-state index in [4.69, 9.17) is 51.1 Å². The fourth-order valence-electron chi connectivity index (χ4n) is 3.25. The molecule has 1 aromatic rings. The first kappa shape index (κ1) is 24.9. The van der Waals surface area contributed by atoms with Gasteiger partial charge < -0.3 is 9.64 Å². The number of β-lactam (4-membered cyclic amide) rings is 1. The zero-order valence-electron chi connectivity index (χ0n) is 15.9. The number of halogens is 5. The number of nitrogens with zero attached hydrogens (tertiary/aromatic N) is 3. The molecule has 2 aliphatic rings. The second kappa shape index (κ2) is 8.53. The van der Waals surface area contributed by atoms with Crippen molar-refractivity contribution in [1.29, 1.82) is 0 Å². The topological polar surface area (TPSA) is 102 Å². The summed E-state index contributed by atoms with van der Waals surface area (Å²) in [7, 11) is 0. The lowest BCUT2D eigenvalue weighted by Crippen LogP contribution is -2.70. The molecule has 0 aliphatic carbocycles. The van der Waals surface area contributed by atoms with Gasteiger partial charge in [-0.1, -0.05) is 46.4 Å². The van der Waals surface area contributed by atoms with Gasteiger partial charge in [-0.05, 0) is 41.9 Å². The summed E-state index contributed by atoms with van der Waals surface area (Å²) >= 11 is 27.9. The van der Waals surface area contributed by atoms with Gasteiger partial charge in [0.25, 0.3) is 11.6 Å². The number of rotatable bonds is 5. The third kappa shape index (κ3) is 4.79. The number of hydrogen-bond acceptors (Lipinski definition) is 7. The lowest BCUT2D eigenvalue weighted by atomic mass is 9.96. The van der Waals surface area contributed by atoms with Crippen molar-refractivity contribution >= 4 is 96.8 Å². The molecule has 2 heterocycles. The molecule has 0 saturated carbocycles. The number of ether oxygens (including phenoxy) is 1. The van der Waals surface area contributed by atoms with Crippen LogP contribution in [0.4, 0.5) is 5.69 Å². The van der Waals surface area contributed by atoms with Gasteiger partial charge >= 0.3 is 5.97 Å². The van der Waals surface area contributed by atoms with E-state index in [1.807, 2.05) is 0 Å². The highest BCUT2D eigenvalue weighted by atomic mass is 79.9. The van der Waals surface area contributed by atoms with Crippen molar-refractivity contribution in [2.75, 3.05) is 6.61 Å². The molecule has 0 bridgehead atoms. The number of nitro groups is 1. The minimum atomic E-state index is -1.77. The van der Waals surface area contributed by atoms with Gasteiger partial charge in [-0.3, -0.25) is 14.9 Å². The lowest BCUT2D eigenvalue weighted by molar-refractivity contribution is -0.384. The van der Waals surface area contributed by atoms with E-state index >= 15 is 0 Å². The smallest absolute Gasteiger partial charge is 0.330 e. The van der Waals surface area contributed by atoms with Crippen LogP contribution in [-0.4, -0.2) is 57.9 Å². The third-order valence-electron chi connectivity index (χ3n) is 4.64. The normalized spacial score (nSPS) is 27.5. The second-order valence-corrected chi connectivity index (χ2v) is 13.1. The highest BCUT2D eigenvalue weighted by molar-refractivity contribution is 9.10. The van der Waals surface area contributed by atoms with Gasteiger partial charge in [-0.25, -0.2) is 9.79 Å². The molecule has 0 radical (unpaired) electrons. The summed E-state index contributed by atoms with van der Waals surface area (Å²) < 4.78 is 1.21. The Morgan fingerprint density at radius 1 is 1.35 bits per heavy atom. The predicted octanol–water partition coefficient (Wildman–Crippen LogP) is 4.65. The Morgan fingerprint density at radius 3 is 2.45 bits per heavy atom. The Labute approximate surface area is 209 Å². The van der Waals surface area contributed by atoms with Crippen molar-refractivity contribution in [1.82, 2.24) is 4.90 Å². The van der Waals surface area contributed by atoms with Crippen molar-refractivity contribution in [2.24, 2.45) is 4.99 Å². The molecule has 0 N–H and O–H groups in total. The number of alkyl halides is 4. The number of benzene rings is 1. The molecule has 1 amide bonds. The zero-order chi connectivity index (χ0) is 23.4. The van der Waals surface area contributed by atoms with Crippen LogP contribution in [0.2, 0.25) is 0 Å². The first-order chi connectivity index (χ1) is 14.2. The molecule has 2 saturated heterocycles. The molecule has 1 unspecified atom stereocenters. The second-order valence-electron chi connectivity index (χ2n) is 7.29. The van der Waals surface area contributed by atoms with Crippen LogP contribution in [0.5, 0.6) is 0 Å². The highest BCUT2D eigenvalue weighted by Gasteiger charge is 2.71. The van der Waals surface area contributed by atoms with Gasteiger partial charge in [0.1, 0.15) is 23.2 Å². The molecule has 2 aliphatic heterocycles. The first-order valence-corrected chi connectivity index (χ1v) is 11.8. The molecule has 3 rings (SSSR count). The molecule has 168 valence electrons. The number of aliphatic imine (C=N–C) groups is 1. The van der Waals surface area contributed by atoms with Crippen LogP contribution < -0.4 is 0 Å². The van der Waals surface area contributed by atoms with Crippen molar-refractivity contribution in [3.05, 3.63) is 39.9 Å². The number of amides is 1. The summed E-state index contributed by atoms with van der Waals surface area (Å²) in [4.78, 5) is 41.6. The molecule has 14 heteroatoms. The van der Waals surface area contributed by atoms with Crippen LogP contribution in [-0.2, 0) is 14.3 Å². The first-order valence-electron chi connectivity index (χ1n) is 8.60. The Balaban J connectivity index is 1.83. The number of fused-ring (bicyclic) bond motifs is 1. The zero-order valence-corrected chi connectivity index (χ0v) is 21.3. The maximum absolute atomic E-state index is 13.0. The standard InChI is InChI=1S/C17H14BrCl4N3O5S/c1-15(2)10(12(26)30-7-16(20,21)22)24-13(27)17(18,14(24)31-15)23-11(19)8-3-5-9(6-4-8)25(28)29/h3-6,10,14H,7H2,1-2H3/b23-11-/t10-,14+,17?/m0/s1. The summed E-state index contributed by atoms with van der Waals surface area (Å²) in [6, 6.07) is 4.52. The van der Waals surface area contributed by atoms with Gasteiger partial charge in [-0.15, -0.1) is 11.8 Å². The Hall–Kier alpha value is -0.780. The van der Waals surface area contributed by atoms with Gasteiger partial charge in [0.15, 0.2) is 0 Å². The van der Waals surface area contributed by atoms with Crippen LogP contribution in [0.1, 0.15) is 19.4 Å². The lowest BCUT2D eigenvalue weighted by Gasteiger charge is -2.47. The molecular formula is C17H14BrCl4N3O5S. The Morgan fingerprint density at radius 2 is 1.94 bits per heavy atom. The summed E-state index contributed by atoms with van der Waals surface area (Å²) in [5.41, 5.74) is 0.301. The minimum absolute atomic E-state index is 0.0135. The van der Waals surface area contributed by atoms with E-state index in [0.29, 0.717) is 5.56 Å². The number of carbonyl (C=O) groups excluding carboxylic acids is 2. The maximum atomic E-state index is 13.0. The van der Waals surface area contributed by atoms with Crippen LogP contribution >= 0.6 is 74.1 Å². The van der Waals surface area contributed by atoms with E-state index in [-0.39, 0.29) is 10.9 Å². The van der Waals surface area contributed by atoms with Crippen LogP contribution in [0.15, 0.2) is 29.3 Å². The molecule has 3 atom stereocenters. The van der Waals surface area contributed by atoms with Crippen LogP contribution in [0.25, 0.3) is 0 Å². The molecular weight excluding hydrogens is 580 g/mol. The highest BCUT2D eigenvalue weighted by Crippen LogP contribution is 2.58. The molecule has 0 aromatic heterocycles. The number of carbonyl (C=O) groups is 2. The van der Waals surface area contributed by atoms with Crippen molar-refractivity contribution < 1.29 is 19.2 Å². The Kier molecular flexibility index (Phi) is 6.84. The number of esters is 1. The SMILES string of the molecule is CC1(C)S[C@H]2N(C(=O)C2(Br)/N=C(\Cl)c2ccc([N+](=O)[O-])cc2)[C@H]1C(=O)OCC(Cl)(Cl)Cl. The van der Waals surface area contributed by atoms with Gasteiger partial charge in [0.2, 0.25) is 8.24 Å². The number of thioether (sulfide) groups is 1. The molecule has 0 spiro atoms. The largest absolute Gasteiger partial charge is 0.460 e.